The molecule has 22 heavy (non-hydrogen) atoms. The average Bonchev–Trinajstić information content (AvgIpc) is 3.10. The lowest BCUT2D eigenvalue weighted by Crippen LogP contribution is -2.54. The molecular formula is C14H19N7O. The minimum Gasteiger partial charge on any atom is -0.353 e. The Bertz CT molecular complexity index is 728. The van der Waals surface area contributed by atoms with Gasteiger partial charge in [-0.1, -0.05) is 0 Å². The van der Waals surface area contributed by atoms with Gasteiger partial charge in [-0.3, -0.25) is 4.79 Å². The maximum absolute atomic E-state index is 12.3. The summed E-state index contributed by atoms with van der Waals surface area (Å²) in [5, 5.41) is 4.24. The van der Waals surface area contributed by atoms with Crippen molar-refractivity contribution in [3.8, 4) is 0 Å². The zero-order valence-corrected chi connectivity index (χ0v) is 12.6. The van der Waals surface area contributed by atoms with Crippen LogP contribution in [0.3, 0.4) is 0 Å². The molecule has 2 aromatic rings. The van der Waals surface area contributed by atoms with E-state index in [1.54, 1.807) is 4.52 Å². The van der Waals surface area contributed by atoms with Crippen LogP contribution < -0.4 is 10.6 Å². The van der Waals surface area contributed by atoms with Crippen LogP contribution in [0.5, 0.6) is 0 Å². The number of aryl methyl sites for hydroxylation is 1. The fourth-order valence-electron chi connectivity index (χ4n) is 2.94. The van der Waals surface area contributed by atoms with Crippen molar-refractivity contribution < 1.29 is 4.79 Å². The quantitative estimate of drug-likeness (QED) is 0.809. The number of rotatable bonds is 2. The second kappa shape index (κ2) is 4.64. The first-order valence-corrected chi connectivity index (χ1v) is 7.57. The predicted molar refractivity (Wildman–Crippen MR) is 80.5 cm³/mol. The Labute approximate surface area is 127 Å². The van der Waals surface area contributed by atoms with Crippen LogP contribution in [-0.2, 0) is 4.79 Å². The number of piperazine rings is 1. The van der Waals surface area contributed by atoms with Gasteiger partial charge in [0.05, 0.1) is 5.54 Å². The molecule has 2 aromatic heterocycles. The molecule has 1 aliphatic carbocycles. The van der Waals surface area contributed by atoms with E-state index in [9.17, 15) is 4.79 Å². The van der Waals surface area contributed by atoms with Crippen LogP contribution in [0.1, 0.15) is 18.5 Å². The van der Waals surface area contributed by atoms with Crippen LogP contribution in [0.25, 0.3) is 5.78 Å². The standard InChI is InChI=1S/C14H19N7O/c1-10-8-11(21-13(18-10)16-9-17-21)19-4-6-20(7-5-19)12(22)14(15)2-3-14/h8-9H,2-7,15H2,1H3. The number of hydrogen-bond donors (Lipinski definition) is 1. The third kappa shape index (κ3) is 2.10. The van der Waals surface area contributed by atoms with Crippen molar-refractivity contribution in [3.05, 3.63) is 18.1 Å². The van der Waals surface area contributed by atoms with Gasteiger partial charge >= 0.3 is 0 Å². The Morgan fingerprint density at radius 1 is 1.27 bits per heavy atom. The van der Waals surface area contributed by atoms with Gasteiger partial charge in [-0.15, -0.1) is 0 Å². The molecule has 1 amide bonds. The Kier molecular flexibility index (Phi) is 2.83. The summed E-state index contributed by atoms with van der Waals surface area (Å²) >= 11 is 0. The average molecular weight is 301 g/mol. The second-order valence-corrected chi connectivity index (χ2v) is 6.16. The Hall–Kier alpha value is -2.22. The molecule has 1 aliphatic heterocycles. The van der Waals surface area contributed by atoms with E-state index in [1.165, 1.54) is 6.33 Å². The highest BCUT2D eigenvalue weighted by Crippen LogP contribution is 2.34. The van der Waals surface area contributed by atoms with Gasteiger partial charge in [0.25, 0.3) is 5.78 Å². The van der Waals surface area contributed by atoms with Crippen molar-refractivity contribution in [1.82, 2.24) is 24.5 Å². The van der Waals surface area contributed by atoms with E-state index >= 15 is 0 Å². The molecule has 8 heteroatoms. The molecule has 0 radical (unpaired) electrons. The van der Waals surface area contributed by atoms with E-state index < -0.39 is 5.54 Å². The van der Waals surface area contributed by atoms with Crippen LogP contribution in [0.4, 0.5) is 5.82 Å². The van der Waals surface area contributed by atoms with Crippen molar-refractivity contribution in [2.75, 3.05) is 31.1 Å². The summed E-state index contributed by atoms with van der Waals surface area (Å²) in [5.74, 6) is 1.68. The first kappa shape index (κ1) is 13.4. The Balaban J connectivity index is 1.53. The summed E-state index contributed by atoms with van der Waals surface area (Å²) in [7, 11) is 0. The molecule has 0 unspecified atom stereocenters. The van der Waals surface area contributed by atoms with Crippen LogP contribution in [0.2, 0.25) is 0 Å². The molecule has 2 aliphatic rings. The van der Waals surface area contributed by atoms with Crippen molar-refractivity contribution in [2.45, 2.75) is 25.3 Å². The molecule has 0 aromatic carbocycles. The van der Waals surface area contributed by atoms with Crippen LogP contribution in [0.15, 0.2) is 12.4 Å². The number of nitrogens with zero attached hydrogens (tertiary/aromatic N) is 6. The number of nitrogens with two attached hydrogens (primary N) is 1. The summed E-state index contributed by atoms with van der Waals surface area (Å²) in [6.07, 6.45) is 3.14. The number of aromatic nitrogens is 4. The molecule has 116 valence electrons. The van der Waals surface area contributed by atoms with E-state index in [0.717, 1.165) is 37.4 Å². The predicted octanol–water partition coefficient (Wildman–Crippen LogP) is -0.427. The monoisotopic (exact) mass is 301 g/mol. The fraction of sp³-hybridized carbons (Fsp3) is 0.571. The zero-order valence-electron chi connectivity index (χ0n) is 12.6. The van der Waals surface area contributed by atoms with Crippen LogP contribution in [-0.4, -0.2) is 62.1 Å². The molecule has 1 saturated heterocycles. The maximum atomic E-state index is 12.3. The van der Waals surface area contributed by atoms with Crippen LogP contribution in [0, 0.1) is 6.92 Å². The lowest BCUT2D eigenvalue weighted by atomic mass is 10.2. The van der Waals surface area contributed by atoms with Crippen molar-refractivity contribution in [1.29, 1.82) is 0 Å². The summed E-state index contributed by atoms with van der Waals surface area (Å²) in [4.78, 5) is 24.9. The number of carbonyl (C=O) groups is 1. The van der Waals surface area contributed by atoms with Gasteiger partial charge in [0.1, 0.15) is 12.1 Å². The number of amides is 1. The van der Waals surface area contributed by atoms with E-state index in [-0.39, 0.29) is 5.91 Å². The summed E-state index contributed by atoms with van der Waals surface area (Å²) < 4.78 is 1.75. The van der Waals surface area contributed by atoms with Gasteiger partial charge in [0.15, 0.2) is 0 Å². The van der Waals surface area contributed by atoms with Crippen molar-refractivity contribution >= 4 is 17.5 Å². The molecule has 2 N–H and O–H groups in total. The lowest BCUT2D eigenvalue weighted by molar-refractivity contribution is -0.133. The molecule has 8 nitrogen and oxygen atoms in total. The first-order valence-electron chi connectivity index (χ1n) is 7.57. The molecule has 0 bridgehead atoms. The topological polar surface area (TPSA) is 92.7 Å². The molecule has 0 atom stereocenters. The van der Waals surface area contributed by atoms with Gasteiger partial charge in [-0.2, -0.15) is 14.6 Å². The smallest absolute Gasteiger partial charge is 0.254 e. The van der Waals surface area contributed by atoms with E-state index in [1.807, 2.05) is 17.9 Å². The summed E-state index contributed by atoms with van der Waals surface area (Å²) in [5.41, 5.74) is 6.35. The van der Waals surface area contributed by atoms with Crippen molar-refractivity contribution in [2.24, 2.45) is 5.73 Å². The molecule has 3 heterocycles. The van der Waals surface area contributed by atoms with E-state index in [4.69, 9.17) is 5.73 Å². The lowest BCUT2D eigenvalue weighted by Gasteiger charge is -2.37. The second-order valence-electron chi connectivity index (χ2n) is 6.16. The van der Waals surface area contributed by atoms with Gasteiger partial charge in [0.2, 0.25) is 5.91 Å². The molecule has 4 rings (SSSR count). The third-order valence-electron chi connectivity index (χ3n) is 4.47. The minimum absolute atomic E-state index is 0.101. The largest absolute Gasteiger partial charge is 0.353 e. The highest BCUT2D eigenvalue weighted by Gasteiger charge is 2.48. The number of anilines is 1. The zero-order chi connectivity index (χ0) is 15.3. The van der Waals surface area contributed by atoms with E-state index in [2.05, 4.69) is 20.0 Å². The highest BCUT2D eigenvalue weighted by molar-refractivity contribution is 5.89. The number of carbonyl (C=O) groups excluding carboxylic acids is 1. The Morgan fingerprint density at radius 2 is 2.00 bits per heavy atom. The van der Waals surface area contributed by atoms with E-state index in [0.29, 0.717) is 18.9 Å². The molecule has 1 saturated carbocycles. The fourth-order valence-corrected chi connectivity index (χ4v) is 2.94. The summed E-state index contributed by atoms with van der Waals surface area (Å²) in [6.45, 7) is 4.86. The van der Waals surface area contributed by atoms with Crippen LogP contribution >= 0.6 is 0 Å². The van der Waals surface area contributed by atoms with Gasteiger partial charge in [-0.05, 0) is 19.8 Å². The number of fused-ring (bicyclic) bond motifs is 1. The molecule has 2 fully saturated rings. The first-order chi connectivity index (χ1) is 10.6. The Morgan fingerprint density at radius 3 is 2.68 bits per heavy atom. The van der Waals surface area contributed by atoms with Crippen molar-refractivity contribution in [3.63, 3.8) is 0 Å². The minimum atomic E-state index is -0.575. The normalized spacial score (nSPS) is 20.5. The summed E-state index contributed by atoms with van der Waals surface area (Å²) in [6, 6.07) is 2.00. The number of hydrogen-bond acceptors (Lipinski definition) is 6. The maximum Gasteiger partial charge on any atom is 0.254 e. The van der Waals surface area contributed by atoms with Gasteiger partial charge in [-0.25, -0.2) is 4.98 Å². The molecular weight excluding hydrogens is 282 g/mol. The highest BCUT2D eigenvalue weighted by atomic mass is 16.2. The van der Waals surface area contributed by atoms with Gasteiger partial charge in [0, 0.05) is 37.9 Å². The molecule has 0 spiro atoms. The SMILES string of the molecule is Cc1cc(N2CCN(C(=O)C3(N)CC3)CC2)n2ncnc2n1. The van der Waals surface area contributed by atoms with Gasteiger partial charge < -0.3 is 15.5 Å². The third-order valence-corrected chi connectivity index (χ3v) is 4.47.